The summed E-state index contributed by atoms with van der Waals surface area (Å²) in [6, 6.07) is 14.9. The number of aromatic amines is 1. The highest BCUT2D eigenvalue weighted by Crippen LogP contribution is 2.37. The van der Waals surface area contributed by atoms with Gasteiger partial charge in [-0.25, -0.2) is 18.9 Å². The van der Waals surface area contributed by atoms with Gasteiger partial charge in [0.15, 0.2) is 17.3 Å². The lowest BCUT2D eigenvalue weighted by molar-refractivity contribution is 0.102. The van der Waals surface area contributed by atoms with E-state index in [1.807, 2.05) is 18.2 Å². The number of benzene rings is 1. The van der Waals surface area contributed by atoms with Gasteiger partial charge in [-0.2, -0.15) is 10.2 Å². The minimum Gasteiger partial charge on any atom is -0.384 e. The van der Waals surface area contributed by atoms with E-state index in [4.69, 9.17) is 20.5 Å². The molecule has 6 aromatic rings. The summed E-state index contributed by atoms with van der Waals surface area (Å²) in [5.41, 5.74) is 10.4. The second-order valence-corrected chi connectivity index (χ2v) is 10.1. The average molecular weight is 580 g/mol. The van der Waals surface area contributed by atoms with E-state index in [0.29, 0.717) is 29.3 Å². The highest BCUT2D eigenvalue weighted by molar-refractivity contribution is 6.04. The molecule has 14 heteroatoms. The van der Waals surface area contributed by atoms with Crippen LogP contribution >= 0.6 is 0 Å². The number of fused-ring (bicyclic) bond motifs is 1. The summed E-state index contributed by atoms with van der Waals surface area (Å²) in [6.45, 7) is 3.81. The fourth-order valence-electron chi connectivity index (χ4n) is 5.15. The van der Waals surface area contributed by atoms with Crippen molar-refractivity contribution in [3.63, 3.8) is 0 Å². The van der Waals surface area contributed by atoms with Gasteiger partial charge >= 0.3 is 0 Å². The van der Waals surface area contributed by atoms with Crippen molar-refractivity contribution in [3.05, 3.63) is 90.3 Å². The van der Waals surface area contributed by atoms with Gasteiger partial charge < -0.3 is 20.5 Å². The number of amides is 1. The molecule has 1 aliphatic heterocycles. The molecule has 0 atom stereocenters. The van der Waals surface area contributed by atoms with Crippen LogP contribution in [-0.2, 0) is 6.54 Å². The Morgan fingerprint density at radius 2 is 1.91 bits per heavy atom. The highest BCUT2D eigenvalue weighted by Gasteiger charge is 2.26. The van der Waals surface area contributed by atoms with Crippen molar-refractivity contribution in [2.45, 2.75) is 6.54 Å². The van der Waals surface area contributed by atoms with Crippen LogP contribution in [0.15, 0.2) is 77.8 Å². The van der Waals surface area contributed by atoms with Crippen LogP contribution in [0.2, 0.25) is 0 Å². The molecule has 1 amide bonds. The van der Waals surface area contributed by atoms with Crippen LogP contribution in [-0.4, -0.2) is 71.9 Å². The molecule has 0 bridgehead atoms. The van der Waals surface area contributed by atoms with Gasteiger partial charge in [0.25, 0.3) is 5.91 Å². The fourth-order valence-corrected chi connectivity index (χ4v) is 5.15. The average Bonchev–Trinajstić information content (AvgIpc) is 3.78. The van der Waals surface area contributed by atoms with E-state index in [2.05, 4.69) is 35.3 Å². The van der Waals surface area contributed by atoms with Crippen LogP contribution in [0, 0.1) is 5.82 Å². The van der Waals surface area contributed by atoms with Crippen molar-refractivity contribution in [3.8, 4) is 22.5 Å². The second kappa shape index (κ2) is 11.0. The number of rotatable bonds is 7. The lowest BCUT2D eigenvalue weighted by Crippen LogP contribution is -2.46. The fraction of sp³-hybridized carbons (Fsp3) is 0.172. The Morgan fingerprint density at radius 1 is 1.07 bits per heavy atom. The number of halogens is 1. The first-order valence-corrected chi connectivity index (χ1v) is 13.6. The van der Waals surface area contributed by atoms with Crippen LogP contribution in [0.3, 0.4) is 0 Å². The Bertz CT molecular complexity index is 1890. The number of anilines is 3. The summed E-state index contributed by atoms with van der Waals surface area (Å²) in [4.78, 5) is 25.7. The number of nitrogens with two attached hydrogens (primary N) is 1. The number of pyridine rings is 1. The standard InChI is InChI=1S/C29H26FN11O2/c30-20-3-1-18(2-4-20)27-26(28(36-35-27)40-12-10-39(11-13-40)16-21-8-14-43-38-21)22-5-6-25-33-24(17-41(25)37-22)34-29(42)19-7-9-32-23(31)15-19/h1-9,14-15,17H,10-13,16H2,(H2,31,32)(H,34,42)(H,35,36). The zero-order valence-electron chi connectivity index (χ0n) is 22.8. The molecule has 1 aliphatic rings. The van der Waals surface area contributed by atoms with Crippen molar-refractivity contribution in [2.75, 3.05) is 42.1 Å². The molecular formula is C29H26FN11O2. The Hall–Kier alpha value is -5.63. The number of carbonyl (C=O) groups excluding carboxylic acids is 1. The maximum Gasteiger partial charge on any atom is 0.257 e. The van der Waals surface area contributed by atoms with E-state index >= 15 is 0 Å². The first-order valence-electron chi connectivity index (χ1n) is 13.6. The number of nitrogens with zero attached hydrogens (tertiary/aromatic N) is 8. The van der Waals surface area contributed by atoms with Gasteiger partial charge in [-0.3, -0.25) is 14.8 Å². The molecule has 0 saturated carbocycles. The van der Waals surface area contributed by atoms with Crippen molar-refractivity contribution in [1.29, 1.82) is 0 Å². The number of hydrogen-bond acceptors (Lipinski definition) is 10. The highest BCUT2D eigenvalue weighted by atomic mass is 19.1. The minimum atomic E-state index is -0.365. The molecule has 0 radical (unpaired) electrons. The lowest BCUT2D eigenvalue weighted by Gasteiger charge is -2.34. The molecule has 4 N–H and O–H groups in total. The van der Waals surface area contributed by atoms with Gasteiger partial charge in [-0.05, 0) is 48.5 Å². The van der Waals surface area contributed by atoms with Crippen molar-refractivity contribution in [2.24, 2.45) is 0 Å². The Kier molecular flexibility index (Phi) is 6.71. The number of H-pyrrole nitrogens is 1. The predicted molar refractivity (Wildman–Crippen MR) is 157 cm³/mol. The maximum atomic E-state index is 13.8. The molecule has 6 heterocycles. The third kappa shape index (κ3) is 5.38. The van der Waals surface area contributed by atoms with Crippen molar-refractivity contribution in [1.82, 2.24) is 39.8 Å². The summed E-state index contributed by atoms with van der Waals surface area (Å²) in [7, 11) is 0. The number of aromatic nitrogens is 7. The topological polar surface area (TPSA) is 159 Å². The molecule has 0 aliphatic carbocycles. The van der Waals surface area contributed by atoms with Gasteiger partial charge in [0.2, 0.25) is 0 Å². The normalized spacial score (nSPS) is 13.9. The third-order valence-corrected chi connectivity index (χ3v) is 7.29. The molecule has 7 rings (SSSR count). The van der Waals surface area contributed by atoms with Crippen LogP contribution < -0.4 is 16.0 Å². The second-order valence-electron chi connectivity index (χ2n) is 10.1. The first-order chi connectivity index (χ1) is 21.0. The van der Waals surface area contributed by atoms with Gasteiger partial charge in [0.05, 0.1) is 28.8 Å². The molecule has 13 nitrogen and oxygen atoms in total. The number of imidazole rings is 1. The first kappa shape index (κ1) is 26.3. The predicted octanol–water partition coefficient (Wildman–Crippen LogP) is 3.47. The summed E-state index contributed by atoms with van der Waals surface area (Å²) in [5, 5.41) is 19.5. The molecule has 1 fully saturated rings. The van der Waals surface area contributed by atoms with Gasteiger partial charge in [-0.15, -0.1) is 0 Å². The van der Waals surface area contributed by atoms with Gasteiger partial charge in [-0.1, -0.05) is 5.16 Å². The molecule has 43 heavy (non-hydrogen) atoms. The summed E-state index contributed by atoms with van der Waals surface area (Å²) in [5.74, 6) is 0.639. The molecule has 1 aromatic carbocycles. The van der Waals surface area contributed by atoms with E-state index in [9.17, 15) is 9.18 Å². The van der Waals surface area contributed by atoms with E-state index in [1.54, 1.807) is 35.2 Å². The minimum absolute atomic E-state index is 0.248. The van der Waals surface area contributed by atoms with Crippen LogP contribution in [0.25, 0.3) is 28.2 Å². The molecule has 216 valence electrons. The number of carbonyl (C=O) groups is 1. The smallest absolute Gasteiger partial charge is 0.257 e. The summed E-state index contributed by atoms with van der Waals surface area (Å²) >= 11 is 0. The zero-order chi connectivity index (χ0) is 29.3. The Labute approximate surface area is 244 Å². The molecule has 5 aromatic heterocycles. The largest absolute Gasteiger partial charge is 0.384 e. The van der Waals surface area contributed by atoms with Crippen LogP contribution in [0.1, 0.15) is 16.1 Å². The Balaban J connectivity index is 1.20. The third-order valence-electron chi connectivity index (χ3n) is 7.29. The summed E-state index contributed by atoms with van der Waals surface area (Å²) < 4.78 is 20.4. The lowest BCUT2D eigenvalue weighted by atomic mass is 10.0. The maximum absolute atomic E-state index is 13.8. The van der Waals surface area contributed by atoms with Crippen LogP contribution in [0.5, 0.6) is 0 Å². The number of hydrogen-bond donors (Lipinski definition) is 3. The summed E-state index contributed by atoms with van der Waals surface area (Å²) in [6.07, 6.45) is 4.69. The number of nitrogen functional groups attached to an aromatic ring is 1. The van der Waals surface area contributed by atoms with Crippen molar-refractivity contribution < 1.29 is 13.7 Å². The molecule has 0 unspecified atom stereocenters. The zero-order valence-corrected chi connectivity index (χ0v) is 22.8. The van der Waals surface area contributed by atoms with Gasteiger partial charge in [0, 0.05) is 56.1 Å². The molecule has 0 spiro atoms. The molecular weight excluding hydrogens is 553 g/mol. The quantitative estimate of drug-likeness (QED) is 0.256. The van der Waals surface area contributed by atoms with Gasteiger partial charge in [0.1, 0.15) is 17.9 Å². The van der Waals surface area contributed by atoms with E-state index < -0.39 is 0 Å². The van der Waals surface area contributed by atoms with Crippen molar-refractivity contribution >= 4 is 29.0 Å². The molecule has 1 saturated heterocycles. The monoisotopic (exact) mass is 579 g/mol. The van der Waals surface area contributed by atoms with E-state index in [-0.39, 0.29) is 17.5 Å². The van der Waals surface area contributed by atoms with Crippen LogP contribution in [0.4, 0.5) is 21.8 Å². The SMILES string of the molecule is Nc1cc(C(=O)Nc2cn3nc(-c4c(N5CCN(Cc6ccon6)CC5)n[nH]c4-c4ccc(F)cc4)ccc3n2)ccn1. The number of nitrogens with one attached hydrogen (secondary N) is 2. The van der Waals surface area contributed by atoms with E-state index in [0.717, 1.165) is 54.5 Å². The number of piperazine rings is 1. The van der Waals surface area contributed by atoms with E-state index in [1.165, 1.54) is 24.4 Å². The Morgan fingerprint density at radius 3 is 2.67 bits per heavy atom.